The van der Waals surface area contributed by atoms with Crippen molar-refractivity contribution in [1.82, 2.24) is 0 Å². The molecule has 0 spiro atoms. The molecule has 78 valence electrons. The fraction of sp³-hybridized carbons (Fsp3) is 0. The van der Waals surface area contributed by atoms with Gasteiger partial charge in [-0.3, -0.25) is 0 Å². The van der Waals surface area contributed by atoms with E-state index in [1.54, 1.807) is 0 Å². The maximum Gasteiger partial charge on any atom is 0.382 e. The first-order chi connectivity index (χ1) is 7.00. The third kappa shape index (κ3) is 1.23. The Morgan fingerprint density at radius 3 is 2.33 bits per heavy atom. The van der Waals surface area contributed by atoms with Crippen molar-refractivity contribution < 1.29 is 24.8 Å². The Labute approximate surface area is 82.3 Å². The largest absolute Gasteiger partial charge is 0.508 e. The number of hydrogen-bond donors (Lipinski definition) is 4. The Balaban J connectivity index is 3.05. The number of hydrogen-bond acceptors (Lipinski definition) is 6. The van der Waals surface area contributed by atoms with Gasteiger partial charge in [0.1, 0.15) is 22.5 Å². The van der Waals surface area contributed by atoms with Crippen LogP contribution in [0.1, 0.15) is 0 Å². The number of aromatic hydroxyl groups is 4. The lowest BCUT2D eigenvalue weighted by Gasteiger charge is -2.04. The van der Waals surface area contributed by atoms with Crippen LogP contribution in [-0.2, 0) is 0 Å². The molecule has 2 rings (SSSR count). The first-order valence-electron chi connectivity index (χ1n) is 3.91. The topological polar surface area (TPSA) is 111 Å². The minimum atomic E-state index is -1.15. The highest BCUT2D eigenvalue weighted by molar-refractivity contribution is 5.91. The van der Waals surface area contributed by atoms with Gasteiger partial charge in [0.05, 0.1) is 0 Å². The zero-order chi connectivity index (χ0) is 11.2. The van der Waals surface area contributed by atoms with Crippen molar-refractivity contribution in [3.8, 4) is 23.0 Å². The van der Waals surface area contributed by atoms with E-state index in [9.17, 15) is 15.0 Å². The van der Waals surface area contributed by atoms with Gasteiger partial charge in [0.15, 0.2) is 5.75 Å². The number of phenols is 2. The molecule has 2 aromatic rings. The van der Waals surface area contributed by atoms with E-state index in [0.717, 1.165) is 12.1 Å². The number of benzene rings is 1. The molecule has 1 aromatic heterocycles. The van der Waals surface area contributed by atoms with Crippen LogP contribution >= 0.6 is 0 Å². The summed E-state index contributed by atoms with van der Waals surface area (Å²) in [5.41, 5.74) is -1.36. The minimum absolute atomic E-state index is 0.215. The SMILES string of the molecule is O=c1oc2cc(O)cc(O)c2c(O)c1O. The molecule has 0 radical (unpaired) electrons. The summed E-state index contributed by atoms with van der Waals surface area (Å²) in [6, 6.07) is 1.98. The van der Waals surface area contributed by atoms with Gasteiger partial charge in [-0.05, 0) is 0 Å². The molecule has 1 heterocycles. The third-order valence-corrected chi connectivity index (χ3v) is 1.92. The zero-order valence-corrected chi connectivity index (χ0v) is 7.26. The Hall–Kier alpha value is -2.37. The molecule has 0 aliphatic carbocycles. The Morgan fingerprint density at radius 2 is 1.67 bits per heavy atom. The standard InChI is InChI=1S/C9H6O6/c10-3-1-4(11)6-5(2-3)15-9(14)8(13)7(6)12/h1-2,10-13H. The van der Waals surface area contributed by atoms with E-state index in [1.165, 1.54) is 0 Å². The summed E-state index contributed by atoms with van der Waals surface area (Å²) in [7, 11) is 0. The summed E-state index contributed by atoms with van der Waals surface area (Å²) in [5.74, 6) is -2.59. The molecule has 0 unspecified atom stereocenters. The van der Waals surface area contributed by atoms with Gasteiger partial charge in [-0.15, -0.1) is 0 Å². The Bertz CT molecular complexity index is 598. The zero-order valence-electron chi connectivity index (χ0n) is 7.26. The molecular formula is C9H6O6. The molecule has 0 bridgehead atoms. The summed E-state index contributed by atoms with van der Waals surface area (Å²) in [6.45, 7) is 0. The lowest BCUT2D eigenvalue weighted by atomic mass is 10.2. The second kappa shape index (κ2) is 2.81. The van der Waals surface area contributed by atoms with Crippen LogP contribution in [0.3, 0.4) is 0 Å². The van der Waals surface area contributed by atoms with Crippen LogP contribution in [0.25, 0.3) is 11.0 Å². The van der Waals surface area contributed by atoms with E-state index in [1.807, 2.05) is 0 Å². The van der Waals surface area contributed by atoms with E-state index in [2.05, 4.69) is 4.42 Å². The molecule has 4 N–H and O–H groups in total. The number of phenolic OH excluding ortho intramolecular Hbond substituents is 2. The van der Waals surface area contributed by atoms with Crippen molar-refractivity contribution in [2.24, 2.45) is 0 Å². The van der Waals surface area contributed by atoms with Gasteiger partial charge >= 0.3 is 5.63 Å². The van der Waals surface area contributed by atoms with Crippen molar-refractivity contribution in [3.63, 3.8) is 0 Å². The van der Waals surface area contributed by atoms with Gasteiger partial charge in [-0.2, -0.15) is 0 Å². The lowest BCUT2D eigenvalue weighted by Crippen LogP contribution is -1.97. The first kappa shape index (κ1) is 9.20. The lowest BCUT2D eigenvalue weighted by molar-refractivity contribution is 0.374. The van der Waals surface area contributed by atoms with Crippen LogP contribution in [0.5, 0.6) is 23.0 Å². The molecule has 0 saturated carbocycles. The van der Waals surface area contributed by atoms with Crippen LogP contribution in [0.15, 0.2) is 21.3 Å². The molecular weight excluding hydrogens is 204 g/mol. The molecule has 0 aliphatic rings. The van der Waals surface area contributed by atoms with Crippen molar-refractivity contribution >= 4 is 11.0 Å². The van der Waals surface area contributed by atoms with Gasteiger partial charge in [0.2, 0.25) is 5.75 Å². The van der Waals surface area contributed by atoms with Crippen LogP contribution in [0, 0.1) is 0 Å². The molecule has 15 heavy (non-hydrogen) atoms. The summed E-state index contributed by atoms with van der Waals surface area (Å²) >= 11 is 0. The summed E-state index contributed by atoms with van der Waals surface area (Å²) in [4.78, 5) is 10.9. The van der Waals surface area contributed by atoms with Gasteiger partial charge < -0.3 is 24.8 Å². The second-order valence-electron chi connectivity index (χ2n) is 2.92. The molecule has 0 amide bonds. The van der Waals surface area contributed by atoms with Gasteiger partial charge in [-0.25, -0.2) is 4.79 Å². The van der Waals surface area contributed by atoms with Crippen molar-refractivity contribution in [3.05, 3.63) is 22.6 Å². The van der Waals surface area contributed by atoms with Crippen LogP contribution < -0.4 is 5.63 Å². The van der Waals surface area contributed by atoms with Gasteiger partial charge in [0.25, 0.3) is 0 Å². The maximum atomic E-state index is 10.9. The normalized spacial score (nSPS) is 10.7. The van der Waals surface area contributed by atoms with E-state index in [-0.39, 0.29) is 16.7 Å². The van der Waals surface area contributed by atoms with Gasteiger partial charge in [-0.1, -0.05) is 0 Å². The fourth-order valence-corrected chi connectivity index (χ4v) is 1.27. The molecule has 6 nitrogen and oxygen atoms in total. The average Bonchev–Trinajstić information content (AvgIpc) is 2.13. The highest BCUT2D eigenvalue weighted by Crippen LogP contribution is 2.38. The summed E-state index contributed by atoms with van der Waals surface area (Å²) in [5, 5.41) is 36.6. The average molecular weight is 210 g/mol. The predicted octanol–water partition coefficient (Wildman–Crippen LogP) is 0.615. The third-order valence-electron chi connectivity index (χ3n) is 1.92. The molecule has 6 heteroatoms. The van der Waals surface area contributed by atoms with Gasteiger partial charge in [0, 0.05) is 12.1 Å². The predicted molar refractivity (Wildman–Crippen MR) is 49.1 cm³/mol. The van der Waals surface area contributed by atoms with E-state index in [4.69, 9.17) is 10.2 Å². The van der Waals surface area contributed by atoms with Crippen molar-refractivity contribution in [2.75, 3.05) is 0 Å². The van der Waals surface area contributed by atoms with Crippen LogP contribution in [-0.4, -0.2) is 20.4 Å². The molecule has 0 aliphatic heterocycles. The smallest absolute Gasteiger partial charge is 0.382 e. The Kier molecular flexibility index (Phi) is 1.72. The maximum absolute atomic E-state index is 10.9. The van der Waals surface area contributed by atoms with Crippen molar-refractivity contribution in [2.45, 2.75) is 0 Å². The molecule has 0 fully saturated rings. The number of fused-ring (bicyclic) bond motifs is 1. The second-order valence-corrected chi connectivity index (χ2v) is 2.92. The Morgan fingerprint density at radius 1 is 1.00 bits per heavy atom. The van der Waals surface area contributed by atoms with Crippen LogP contribution in [0.4, 0.5) is 0 Å². The monoisotopic (exact) mass is 210 g/mol. The molecule has 0 saturated heterocycles. The summed E-state index contributed by atoms with van der Waals surface area (Å²) < 4.78 is 4.55. The van der Waals surface area contributed by atoms with E-state index < -0.39 is 22.9 Å². The fourth-order valence-electron chi connectivity index (χ4n) is 1.27. The molecule has 0 atom stereocenters. The van der Waals surface area contributed by atoms with E-state index in [0.29, 0.717) is 0 Å². The highest BCUT2D eigenvalue weighted by Gasteiger charge is 2.16. The molecule has 1 aromatic carbocycles. The quantitative estimate of drug-likeness (QED) is 0.474. The minimum Gasteiger partial charge on any atom is -0.508 e. The van der Waals surface area contributed by atoms with Crippen LogP contribution in [0.2, 0.25) is 0 Å². The number of rotatable bonds is 0. The van der Waals surface area contributed by atoms with Crippen molar-refractivity contribution in [1.29, 1.82) is 0 Å². The first-order valence-corrected chi connectivity index (χ1v) is 3.91. The highest BCUT2D eigenvalue weighted by atomic mass is 16.4. The summed E-state index contributed by atoms with van der Waals surface area (Å²) in [6.07, 6.45) is 0. The van der Waals surface area contributed by atoms with E-state index >= 15 is 0 Å².